The lowest BCUT2D eigenvalue weighted by Gasteiger charge is -2.27. The van der Waals surface area contributed by atoms with E-state index in [2.05, 4.69) is 43.0 Å². The number of nitrogens with zero attached hydrogens (tertiary/aromatic N) is 1. The summed E-state index contributed by atoms with van der Waals surface area (Å²) in [6.07, 6.45) is -0.0501. The third kappa shape index (κ3) is 3.77. The van der Waals surface area contributed by atoms with Crippen molar-refractivity contribution >= 4 is 0 Å². The smallest absolute Gasteiger partial charge is 0.114 e. The van der Waals surface area contributed by atoms with Crippen molar-refractivity contribution in [2.75, 3.05) is 26.2 Å². The standard InChI is InChI=1S/C16H24FNO/c1-12-3-5-14(6-4-12)13(2)15(11-19)9-18-8-7-16(17)10-18/h3-6,13,15-16,19H,7-11H2,1-2H3. The average Bonchev–Trinajstić information content (AvgIpc) is 2.81. The van der Waals surface area contributed by atoms with Crippen LogP contribution in [-0.2, 0) is 0 Å². The van der Waals surface area contributed by atoms with E-state index in [0.29, 0.717) is 18.9 Å². The van der Waals surface area contributed by atoms with E-state index in [-0.39, 0.29) is 12.5 Å². The topological polar surface area (TPSA) is 23.5 Å². The predicted octanol–water partition coefficient (Wildman–Crippen LogP) is 2.75. The van der Waals surface area contributed by atoms with Crippen LogP contribution in [0.3, 0.4) is 0 Å². The third-order valence-electron chi connectivity index (χ3n) is 4.25. The van der Waals surface area contributed by atoms with Gasteiger partial charge < -0.3 is 5.11 Å². The minimum atomic E-state index is -0.686. The molecule has 3 heteroatoms. The van der Waals surface area contributed by atoms with Crippen LogP contribution in [0.25, 0.3) is 0 Å². The molecule has 1 saturated heterocycles. The van der Waals surface area contributed by atoms with Gasteiger partial charge in [0.25, 0.3) is 0 Å². The van der Waals surface area contributed by atoms with E-state index >= 15 is 0 Å². The Bertz CT molecular complexity index is 392. The van der Waals surface area contributed by atoms with Crippen molar-refractivity contribution in [2.24, 2.45) is 5.92 Å². The Labute approximate surface area is 115 Å². The summed E-state index contributed by atoms with van der Waals surface area (Å²) < 4.78 is 13.2. The van der Waals surface area contributed by atoms with E-state index in [0.717, 1.165) is 13.1 Å². The number of halogens is 1. The first-order chi connectivity index (χ1) is 9.10. The summed E-state index contributed by atoms with van der Waals surface area (Å²) >= 11 is 0. The van der Waals surface area contributed by atoms with Crippen LogP contribution in [0.15, 0.2) is 24.3 Å². The lowest BCUT2D eigenvalue weighted by molar-refractivity contribution is 0.157. The molecule has 1 fully saturated rings. The van der Waals surface area contributed by atoms with Crippen LogP contribution in [0.5, 0.6) is 0 Å². The van der Waals surface area contributed by atoms with Gasteiger partial charge in [0.2, 0.25) is 0 Å². The van der Waals surface area contributed by atoms with Crippen molar-refractivity contribution in [1.29, 1.82) is 0 Å². The normalized spacial score (nSPS) is 23.5. The van der Waals surface area contributed by atoms with Gasteiger partial charge in [-0.2, -0.15) is 0 Å². The number of aryl methyl sites for hydroxylation is 1. The van der Waals surface area contributed by atoms with Crippen molar-refractivity contribution in [3.8, 4) is 0 Å². The molecule has 106 valence electrons. The Kier molecular flexibility index (Phi) is 4.94. The molecule has 1 N–H and O–H groups in total. The Morgan fingerprint density at radius 1 is 1.37 bits per heavy atom. The lowest BCUT2D eigenvalue weighted by Crippen LogP contribution is -2.32. The van der Waals surface area contributed by atoms with Crippen LogP contribution in [0.2, 0.25) is 0 Å². The molecule has 3 unspecified atom stereocenters. The molecule has 0 radical (unpaired) electrons. The summed E-state index contributed by atoms with van der Waals surface area (Å²) in [6, 6.07) is 8.47. The summed E-state index contributed by atoms with van der Waals surface area (Å²) in [7, 11) is 0. The molecule has 2 rings (SSSR count). The molecule has 0 saturated carbocycles. The molecule has 0 aliphatic carbocycles. The highest BCUT2D eigenvalue weighted by molar-refractivity contribution is 5.24. The summed E-state index contributed by atoms with van der Waals surface area (Å²) in [4.78, 5) is 2.14. The van der Waals surface area contributed by atoms with Gasteiger partial charge in [-0.3, -0.25) is 4.90 Å². The van der Waals surface area contributed by atoms with Gasteiger partial charge in [-0.25, -0.2) is 4.39 Å². The largest absolute Gasteiger partial charge is 0.396 e. The molecule has 0 bridgehead atoms. The molecular weight excluding hydrogens is 241 g/mol. The van der Waals surface area contributed by atoms with Crippen molar-refractivity contribution in [2.45, 2.75) is 32.4 Å². The highest BCUT2D eigenvalue weighted by atomic mass is 19.1. The minimum absolute atomic E-state index is 0.155. The number of hydrogen-bond acceptors (Lipinski definition) is 2. The SMILES string of the molecule is Cc1ccc(C(C)C(CO)CN2CCC(F)C2)cc1. The van der Waals surface area contributed by atoms with Crippen molar-refractivity contribution in [3.63, 3.8) is 0 Å². The Balaban J connectivity index is 1.98. The quantitative estimate of drug-likeness (QED) is 0.885. The molecule has 0 amide bonds. The van der Waals surface area contributed by atoms with Gasteiger partial charge in [0.15, 0.2) is 0 Å². The molecule has 19 heavy (non-hydrogen) atoms. The molecule has 1 aliphatic heterocycles. The molecule has 0 spiro atoms. The highest BCUT2D eigenvalue weighted by Crippen LogP contribution is 2.26. The highest BCUT2D eigenvalue weighted by Gasteiger charge is 2.26. The predicted molar refractivity (Wildman–Crippen MR) is 76.1 cm³/mol. The van der Waals surface area contributed by atoms with Crippen LogP contribution < -0.4 is 0 Å². The number of likely N-dealkylation sites (tertiary alicyclic amines) is 1. The van der Waals surface area contributed by atoms with E-state index in [4.69, 9.17) is 0 Å². The Hall–Kier alpha value is -0.930. The maximum absolute atomic E-state index is 13.2. The molecule has 1 aromatic rings. The van der Waals surface area contributed by atoms with Gasteiger partial charge in [0.1, 0.15) is 6.17 Å². The first-order valence-corrected chi connectivity index (χ1v) is 7.14. The second-order valence-electron chi connectivity index (χ2n) is 5.79. The number of hydrogen-bond donors (Lipinski definition) is 1. The molecule has 1 aromatic carbocycles. The molecule has 3 atom stereocenters. The fraction of sp³-hybridized carbons (Fsp3) is 0.625. The Morgan fingerprint density at radius 3 is 2.58 bits per heavy atom. The Morgan fingerprint density at radius 2 is 2.05 bits per heavy atom. The fourth-order valence-corrected chi connectivity index (χ4v) is 2.80. The number of benzene rings is 1. The van der Waals surface area contributed by atoms with Crippen molar-refractivity contribution in [1.82, 2.24) is 4.90 Å². The fourth-order valence-electron chi connectivity index (χ4n) is 2.80. The summed E-state index contributed by atoms with van der Waals surface area (Å²) in [5, 5.41) is 9.62. The molecule has 2 nitrogen and oxygen atoms in total. The average molecular weight is 265 g/mol. The zero-order valence-electron chi connectivity index (χ0n) is 11.8. The lowest BCUT2D eigenvalue weighted by atomic mass is 9.87. The molecule has 1 aliphatic rings. The molecule has 0 aromatic heterocycles. The van der Waals surface area contributed by atoms with E-state index < -0.39 is 6.17 Å². The van der Waals surface area contributed by atoms with Crippen LogP contribution in [0.4, 0.5) is 4.39 Å². The zero-order chi connectivity index (χ0) is 13.8. The van der Waals surface area contributed by atoms with Gasteiger partial charge in [-0.15, -0.1) is 0 Å². The maximum atomic E-state index is 13.2. The number of aliphatic hydroxyl groups is 1. The first-order valence-electron chi connectivity index (χ1n) is 7.14. The van der Waals surface area contributed by atoms with E-state index in [1.54, 1.807) is 0 Å². The molecule has 1 heterocycles. The summed E-state index contributed by atoms with van der Waals surface area (Å²) in [5.74, 6) is 0.470. The van der Waals surface area contributed by atoms with E-state index in [1.165, 1.54) is 11.1 Å². The van der Waals surface area contributed by atoms with E-state index in [9.17, 15) is 9.50 Å². The van der Waals surface area contributed by atoms with Gasteiger partial charge in [-0.1, -0.05) is 36.8 Å². The van der Waals surface area contributed by atoms with Crippen molar-refractivity contribution in [3.05, 3.63) is 35.4 Å². The summed E-state index contributed by atoms with van der Waals surface area (Å²) in [6.45, 7) is 6.50. The van der Waals surface area contributed by atoms with Gasteiger partial charge >= 0.3 is 0 Å². The number of alkyl halides is 1. The van der Waals surface area contributed by atoms with E-state index in [1.807, 2.05) is 0 Å². The maximum Gasteiger partial charge on any atom is 0.114 e. The first kappa shape index (κ1) is 14.5. The number of rotatable bonds is 5. The second kappa shape index (κ2) is 6.49. The number of aliphatic hydroxyl groups excluding tert-OH is 1. The monoisotopic (exact) mass is 265 g/mol. The third-order valence-corrected chi connectivity index (χ3v) is 4.25. The van der Waals surface area contributed by atoms with Crippen molar-refractivity contribution < 1.29 is 9.50 Å². The molecular formula is C16H24FNO. The van der Waals surface area contributed by atoms with Crippen LogP contribution in [0, 0.1) is 12.8 Å². The van der Waals surface area contributed by atoms with Gasteiger partial charge in [0.05, 0.1) is 0 Å². The van der Waals surface area contributed by atoms with Crippen LogP contribution in [-0.4, -0.2) is 42.4 Å². The van der Waals surface area contributed by atoms with Gasteiger partial charge in [-0.05, 0) is 24.8 Å². The summed E-state index contributed by atoms with van der Waals surface area (Å²) in [5.41, 5.74) is 2.50. The second-order valence-corrected chi connectivity index (χ2v) is 5.79. The zero-order valence-corrected chi connectivity index (χ0v) is 11.8. The van der Waals surface area contributed by atoms with Crippen LogP contribution in [0.1, 0.15) is 30.4 Å². The van der Waals surface area contributed by atoms with Crippen LogP contribution >= 0.6 is 0 Å². The minimum Gasteiger partial charge on any atom is -0.396 e. The van der Waals surface area contributed by atoms with Gasteiger partial charge in [0, 0.05) is 32.2 Å².